The molecule has 0 saturated heterocycles. The Kier molecular flexibility index (Phi) is 3.74. The third kappa shape index (κ3) is 2.64. The zero-order valence-electron chi connectivity index (χ0n) is 10.2. The fourth-order valence-corrected chi connectivity index (χ4v) is 2.29. The largest absolute Gasteiger partial charge is 0.399 e. The Morgan fingerprint density at radius 3 is 2.94 bits per heavy atom. The third-order valence-electron chi connectivity index (χ3n) is 2.79. The molecule has 17 heavy (non-hydrogen) atoms. The molecular formula is C13H17N3S. The third-order valence-corrected chi connectivity index (χ3v) is 3.38. The van der Waals surface area contributed by atoms with Crippen molar-refractivity contribution in [3.63, 3.8) is 0 Å². The molecule has 0 saturated carbocycles. The van der Waals surface area contributed by atoms with Crippen LogP contribution in [0.5, 0.6) is 0 Å². The molecule has 0 fully saturated rings. The van der Waals surface area contributed by atoms with Gasteiger partial charge in [-0.3, -0.25) is 4.98 Å². The molecule has 0 aliphatic rings. The van der Waals surface area contributed by atoms with Gasteiger partial charge in [-0.15, -0.1) is 0 Å². The van der Waals surface area contributed by atoms with Crippen molar-refractivity contribution in [1.82, 2.24) is 4.98 Å². The summed E-state index contributed by atoms with van der Waals surface area (Å²) in [6.45, 7) is 1.03. The van der Waals surface area contributed by atoms with Crippen LogP contribution >= 0.6 is 11.8 Å². The van der Waals surface area contributed by atoms with Crippen LogP contribution in [-0.4, -0.2) is 30.6 Å². The minimum Gasteiger partial charge on any atom is -0.399 e. The predicted molar refractivity (Wildman–Crippen MR) is 77.8 cm³/mol. The average molecular weight is 247 g/mol. The van der Waals surface area contributed by atoms with Gasteiger partial charge < -0.3 is 10.6 Å². The van der Waals surface area contributed by atoms with Crippen LogP contribution in [0.2, 0.25) is 0 Å². The minimum atomic E-state index is 0.758. The predicted octanol–water partition coefficient (Wildman–Crippen LogP) is 2.62. The maximum atomic E-state index is 5.77. The highest BCUT2D eigenvalue weighted by atomic mass is 32.2. The van der Waals surface area contributed by atoms with Crippen molar-refractivity contribution >= 4 is 34.0 Å². The number of hydrogen-bond donors (Lipinski definition) is 1. The highest BCUT2D eigenvalue weighted by molar-refractivity contribution is 7.98. The Morgan fingerprint density at radius 2 is 2.18 bits per heavy atom. The van der Waals surface area contributed by atoms with E-state index in [0.29, 0.717) is 0 Å². The molecule has 2 aromatic rings. The lowest BCUT2D eigenvalue weighted by atomic mass is 10.1. The number of benzene rings is 1. The molecule has 90 valence electrons. The summed E-state index contributed by atoms with van der Waals surface area (Å²) in [6, 6.07) is 7.94. The Balaban J connectivity index is 2.40. The van der Waals surface area contributed by atoms with E-state index in [1.807, 2.05) is 36.2 Å². The summed E-state index contributed by atoms with van der Waals surface area (Å²) >= 11 is 1.86. The van der Waals surface area contributed by atoms with E-state index >= 15 is 0 Å². The molecule has 0 radical (unpaired) electrons. The first kappa shape index (κ1) is 12.0. The molecule has 1 aromatic carbocycles. The van der Waals surface area contributed by atoms with Gasteiger partial charge in [-0.05, 0) is 30.5 Å². The first-order valence-corrected chi connectivity index (χ1v) is 6.96. The van der Waals surface area contributed by atoms with Gasteiger partial charge >= 0.3 is 0 Å². The summed E-state index contributed by atoms with van der Waals surface area (Å²) in [5.74, 6) is 1.12. The second kappa shape index (κ2) is 5.27. The van der Waals surface area contributed by atoms with Crippen LogP contribution in [0.3, 0.4) is 0 Å². The number of nitrogen functional groups attached to an aromatic ring is 1. The van der Waals surface area contributed by atoms with Gasteiger partial charge in [0, 0.05) is 42.3 Å². The second-order valence-corrected chi connectivity index (χ2v) is 5.01. The zero-order valence-corrected chi connectivity index (χ0v) is 11.0. The summed E-state index contributed by atoms with van der Waals surface area (Å²) in [7, 11) is 2.11. The van der Waals surface area contributed by atoms with E-state index in [4.69, 9.17) is 5.73 Å². The number of nitrogens with two attached hydrogens (primary N) is 1. The maximum absolute atomic E-state index is 5.77. The Hall–Kier alpha value is -1.42. The number of pyridine rings is 1. The van der Waals surface area contributed by atoms with Crippen molar-refractivity contribution in [3.8, 4) is 0 Å². The van der Waals surface area contributed by atoms with Gasteiger partial charge in [0.1, 0.15) is 0 Å². The lowest BCUT2D eigenvalue weighted by molar-refractivity contribution is 0.982. The lowest BCUT2D eigenvalue weighted by Crippen LogP contribution is -2.20. The first-order valence-electron chi connectivity index (χ1n) is 5.56. The standard InChI is InChI=1S/C13H17N3S/c1-16(7-8-17-2)13-5-6-15-12-9-10(14)3-4-11(12)13/h3-6,9H,7-8,14H2,1-2H3. The summed E-state index contributed by atoms with van der Waals surface area (Å²) in [4.78, 5) is 6.61. The summed E-state index contributed by atoms with van der Waals surface area (Å²) in [5.41, 5.74) is 8.70. The van der Waals surface area contributed by atoms with Gasteiger partial charge in [-0.1, -0.05) is 0 Å². The molecule has 1 aromatic heterocycles. The molecule has 2 rings (SSSR count). The highest BCUT2D eigenvalue weighted by Crippen LogP contribution is 2.25. The monoisotopic (exact) mass is 247 g/mol. The highest BCUT2D eigenvalue weighted by Gasteiger charge is 2.06. The molecule has 0 unspecified atom stereocenters. The number of fused-ring (bicyclic) bond motifs is 1. The van der Waals surface area contributed by atoms with E-state index in [1.54, 1.807) is 0 Å². The summed E-state index contributed by atoms with van der Waals surface area (Å²) in [6.07, 6.45) is 3.96. The number of thioether (sulfide) groups is 1. The number of anilines is 2. The van der Waals surface area contributed by atoms with Crippen molar-refractivity contribution in [1.29, 1.82) is 0 Å². The Morgan fingerprint density at radius 1 is 1.35 bits per heavy atom. The van der Waals surface area contributed by atoms with E-state index in [9.17, 15) is 0 Å². The molecule has 4 heteroatoms. The quantitative estimate of drug-likeness (QED) is 0.843. The van der Waals surface area contributed by atoms with Crippen LogP contribution in [0, 0.1) is 0 Å². The Bertz CT molecular complexity index is 513. The van der Waals surface area contributed by atoms with E-state index in [-0.39, 0.29) is 0 Å². The van der Waals surface area contributed by atoms with Gasteiger partial charge in [0.25, 0.3) is 0 Å². The summed E-state index contributed by atoms with van der Waals surface area (Å²) < 4.78 is 0. The minimum absolute atomic E-state index is 0.758. The molecule has 0 amide bonds. The van der Waals surface area contributed by atoms with Gasteiger partial charge in [0.05, 0.1) is 5.52 Å². The number of nitrogens with zero attached hydrogens (tertiary/aromatic N) is 2. The van der Waals surface area contributed by atoms with Crippen molar-refractivity contribution in [2.24, 2.45) is 0 Å². The topological polar surface area (TPSA) is 42.2 Å². The van der Waals surface area contributed by atoms with Crippen LogP contribution < -0.4 is 10.6 Å². The lowest BCUT2D eigenvalue weighted by Gasteiger charge is -2.20. The molecule has 0 spiro atoms. The number of aromatic nitrogens is 1. The van der Waals surface area contributed by atoms with Gasteiger partial charge in [-0.25, -0.2) is 0 Å². The second-order valence-electron chi connectivity index (χ2n) is 4.02. The molecule has 0 bridgehead atoms. The normalized spacial score (nSPS) is 10.7. The van der Waals surface area contributed by atoms with Crippen molar-refractivity contribution < 1.29 is 0 Å². The molecule has 0 atom stereocenters. The van der Waals surface area contributed by atoms with Crippen molar-refractivity contribution in [2.75, 3.05) is 36.2 Å². The van der Waals surface area contributed by atoms with Gasteiger partial charge in [0.2, 0.25) is 0 Å². The van der Waals surface area contributed by atoms with E-state index in [1.165, 1.54) is 5.69 Å². The fourth-order valence-electron chi connectivity index (χ4n) is 1.83. The van der Waals surface area contributed by atoms with Gasteiger partial charge in [-0.2, -0.15) is 11.8 Å². The zero-order chi connectivity index (χ0) is 12.3. The van der Waals surface area contributed by atoms with Crippen molar-refractivity contribution in [2.45, 2.75) is 0 Å². The molecular weight excluding hydrogens is 230 g/mol. The SMILES string of the molecule is CSCCN(C)c1ccnc2cc(N)ccc12. The van der Waals surface area contributed by atoms with E-state index < -0.39 is 0 Å². The van der Waals surface area contributed by atoms with Crippen LogP contribution in [0.1, 0.15) is 0 Å². The molecule has 2 N–H and O–H groups in total. The molecule has 1 heterocycles. The van der Waals surface area contributed by atoms with Crippen LogP contribution in [0.25, 0.3) is 10.9 Å². The maximum Gasteiger partial charge on any atom is 0.0743 e. The molecule has 3 nitrogen and oxygen atoms in total. The molecule has 0 aliphatic carbocycles. The van der Waals surface area contributed by atoms with Crippen LogP contribution in [-0.2, 0) is 0 Å². The first-order chi connectivity index (χ1) is 8.22. The van der Waals surface area contributed by atoms with E-state index in [0.717, 1.165) is 28.9 Å². The van der Waals surface area contributed by atoms with Crippen LogP contribution in [0.4, 0.5) is 11.4 Å². The Labute approximate surface area is 106 Å². The van der Waals surface area contributed by atoms with Crippen LogP contribution in [0.15, 0.2) is 30.5 Å². The van der Waals surface area contributed by atoms with Crippen molar-refractivity contribution in [3.05, 3.63) is 30.5 Å². The fraction of sp³-hybridized carbons (Fsp3) is 0.308. The smallest absolute Gasteiger partial charge is 0.0743 e. The average Bonchev–Trinajstić information content (AvgIpc) is 2.34. The van der Waals surface area contributed by atoms with Gasteiger partial charge in [0.15, 0.2) is 0 Å². The number of hydrogen-bond acceptors (Lipinski definition) is 4. The summed E-state index contributed by atoms with van der Waals surface area (Å²) in [5, 5.41) is 1.16. The van der Waals surface area contributed by atoms with E-state index in [2.05, 4.69) is 29.3 Å². The molecule has 0 aliphatic heterocycles. The number of rotatable bonds is 4.